The summed E-state index contributed by atoms with van der Waals surface area (Å²) in [4.78, 5) is 0. The van der Waals surface area contributed by atoms with Crippen LogP contribution in [0.2, 0.25) is 0 Å². The monoisotopic (exact) mass is 251 g/mol. The Morgan fingerprint density at radius 3 is 2.53 bits per heavy atom. The molecular formula is C16H17N3. The van der Waals surface area contributed by atoms with Crippen LogP contribution < -0.4 is 16.8 Å². The van der Waals surface area contributed by atoms with Gasteiger partial charge in [0.15, 0.2) is 0 Å². The van der Waals surface area contributed by atoms with Crippen molar-refractivity contribution in [1.82, 2.24) is 5.32 Å². The van der Waals surface area contributed by atoms with Crippen molar-refractivity contribution in [3.8, 4) is 0 Å². The fourth-order valence-electron chi connectivity index (χ4n) is 2.50. The average Bonchev–Trinajstić information content (AvgIpc) is 2.41. The Kier molecular flexibility index (Phi) is 2.57. The van der Waals surface area contributed by atoms with Crippen LogP contribution in [0.15, 0.2) is 48.7 Å². The second kappa shape index (κ2) is 4.14. The van der Waals surface area contributed by atoms with E-state index in [1.54, 1.807) is 0 Å². The number of nitrogens with two attached hydrogens (primary N) is 2. The van der Waals surface area contributed by atoms with Crippen molar-refractivity contribution >= 4 is 11.8 Å². The van der Waals surface area contributed by atoms with Gasteiger partial charge in [-0.3, -0.25) is 0 Å². The Bertz CT molecular complexity index is 644. The number of nitrogens with one attached hydrogen (secondary N) is 1. The quantitative estimate of drug-likeness (QED) is 0.681. The molecule has 0 amide bonds. The fraction of sp³-hybridized carbons (Fsp3) is 0.125. The zero-order chi connectivity index (χ0) is 13.5. The third-order valence-electron chi connectivity index (χ3n) is 3.63. The molecule has 1 heterocycles. The molecule has 0 fully saturated rings. The van der Waals surface area contributed by atoms with Crippen LogP contribution in [0.5, 0.6) is 0 Å². The molecule has 1 atom stereocenters. The first-order valence-corrected chi connectivity index (χ1v) is 6.30. The van der Waals surface area contributed by atoms with Crippen molar-refractivity contribution in [2.45, 2.75) is 12.6 Å². The lowest BCUT2D eigenvalue weighted by atomic mass is 9.86. The van der Waals surface area contributed by atoms with Gasteiger partial charge in [0.05, 0.1) is 0 Å². The van der Waals surface area contributed by atoms with Crippen molar-refractivity contribution in [1.29, 1.82) is 0 Å². The van der Waals surface area contributed by atoms with Gasteiger partial charge in [-0.25, -0.2) is 0 Å². The lowest BCUT2D eigenvalue weighted by Gasteiger charge is -2.35. The molecule has 2 aromatic carbocycles. The van der Waals surface area contributed by atoms with E-state index >= 15 is 0 Å². The number of benzene rings is 2. The Morgan fingerprint density at radius 1 is 1.05 bits per heavy atom. The molecule has 1 aliphatic heterocycles. The normalized spacial score (nSPS) is 20.7. The van der Waals surface area contributed by atoms with Gasteiger partial charge >= 0.3 is 0 Å². The summed E-state index contributed by atoms with van der Waals surface area (Å²) in [5, 5.41) is 3.26. The van der Waals surface area contributed by atoms with Gasteiger partial charge in [0, 0.05) is 16.8 Å². The molecule has 0 aromatic heterocycles. The van der Waals surface area contributed by atoms with E-state index < -0.39 is 5.66 Å². The molecule has 2 aromatic rings. The van der Waals surface area contributed by atoms with E-state index in [9.17, 15) is 0 Å². The number of fused-ring (bicyclic) bond motifs is 1. The summed E-state index contributed by atoms with van der Waals surface area (Å²) in [7, 11) is 0. The molecule has 5 N–H and O–H groups in total. The van der Waals surface area contributed by atoms with E-state index in [4.69, 9.17) is 11.5 Å². The Hall–Kier alpha value is -2.26. The van der Waals surface area contributed by atoms with Gasteiger partial charge in [-0.2, -0.15) is 0 Å². The summed E-state index contributed by atoms with van der Waals surface area (Å²) < 4.78 is 0. The zero-order valence-electron chi connectivity index (χ0n) is 10.9. The largest absolute Gasteiger partial charge is 0.398 e. The molecule has 3 heteroatoms. The van der Waals surface area contributed by atoms with E-state index in [2.05, 4.69) is 36.5 Å². The highest BCUT2D eigenvalue weighted by Crippen LogP contribution is 2.33. The average molecular weight is 251 g/mol. The van der Waals surface area contributed by atoms with Crippen LogP contribution in [0.1, 0.15) is 22.3 Å². The van der Waals surface area contributed by atoms with Gasteiger partial charge in [0.1, 0.15) is 5.66 Å². The molecule has 1 aliphatic rings. The molecule has 1 unspecified atom stereocenters. The minimum atomic E-state index is -0.729. The molecule has 96 valence electrons. The molecule has 0 aliphatic carbocycles. The first kappa shape index (κ1) is 11.8. The topological polar surface area (TPSA) is 64.1 Å². The van der Waals surface area contributed by atoms with E-state index in [1.165, 1.54) is 5.56 Å². The highest BCUT2D eigenvalue weighted by Gasteiger charge is 2.32. The number of hydrogen-bond acceptors (Lipinski definition) is 3. The molecule has 0 spiro atoms. The van der Waals surface area contributed by atoms with Crippen LogP contribution in [-0.4, -0.2) is 0 Å². The minimum Gasteiger partial charge on any atom is -0.398 e. The molecule has 3 nitrogen and oxygen atoms in total. The molecule has 0 radical (unpaired) electrons. The van der Waals surface area contributed by atoms with Crippen molar-refractivity contribution in [2.75, 3.05) is 5.73 Å². The number of rotatable bonds is 1. The fourth-order valence-corrected chi connectivity index (χ4v) is 2.50. The molecule has 0 saturated heterocycles. The van der Waals surface area contributed by atoms with Crippen LogP contribution in [0.4, 0.5) is 5.69 Å². The highest BCUT2D eigenvalue weighted by atomic mass is 15.1. The van der Waals surface area contributed by atoms with Gasteiger partial charge < -0.3 is 16.8 Å². The first-order chi connectivity index (χ1) is 9.11. The highest BCUT2D eigenvalue weighted by molar-refractivity contribution is 5.71. The van der Waals surface area contributed by atoms with Crippen molar-refractivity contribution in [3.63, 3.8) is 0 Å². The van der Waals surface area contributed by atoms with Crippen LogP contribution in [-0.2, 0) is 5.66 Å². The van der Waals surface area contributed by atoms with Crippen LogP contribution in [0, 0.1) is 6.92 Å². The van der Waals surface area contributed by atoms with E-state index in [0.29, 0.717) is 0 Å². The van der Waals surface area contributed by atoms with Crippen molar-refractivity contribution in [3.05, 3.63) is 70.9 Å². The summed E-state index contributed by atoms with van der Waals surface area (Å²) in [5.74, 6) is 0. The van der Waals surface area contributed by atoms with Gasteiger partial charge in [-0.15, -0.1) is 0 Å². The smallest absolute Gasteiger partial charge is 0.139 e. The summed E-state index contributed by atoms with van der Waals surface area (Å²) in [6.07, 6.45) is 3.82. The zero-order valence-corrected chi connectivity index (χ0v) is 10.9. The number of aryl methyl sites for hydroxylation is 1. The maximum absolute atomic E-state index is 6.59. The maximum atomic E-state index is 6.59. The van der Waals surface area contributed by atoms with Crippen LogP contribution in [0.3, 0.4) is 0 Å². The first-order valence-electron chi connectivity index (χ1n) is 6.30. The number of nitrogen functional groups attached to an aromatic ring is 1. The standard InChI is InChI=1S/C16H17N3/c1-11-5-7-12(8-6-11)16(18)14-3-2-4-15(17)13(14)9-10-19-16/h2-10,19H,17-18H2,1H3. The molecular weight excluding hydrogens is 234 g/mol. The predicted molar refractivity (Wildman–Crippen MR) is 79.2 cm³/mol. The Balaban J connectivity index is 2.19. The Morgan fingerprint density at radius 2 is 1.79 bits per heavy atom. The second-order valence-electron chi connectivity index (χ2n) is 4.96. The van der Waals surface area contributed by atoms with Gasteiger partial charge in [0.25, 0.3) is 0 Å². The van der Waals surface area contributed by atoms with Gasteiger partial charge in [0.2, 0.25) is 0 Å². The lowest BCUT2D eigenvalue weighted by molar-refractivity contribution is 0.474. The predicted octanol–water partition coefficient (Wildman–Crippen LogP) is 2.31. The summed E-state index contributed by atoms with van der Waals surface area (Å²) in [6, 6.07) is 14.1. The summed E-state index contributed by atoms with van der Waals surface area (Å²) in [5.41, 5.74) is 16.9. The van der Waals surface area contributed by atoms with Crippen molar-refractivity contribution in [2.24, 2.45) is 5.73 Å². The van der Waals surface area contributed by atoms with E-state index in [0.717, 1.165) is 22.4 Å². The van der Waals surface area contributed by atoms with Gasteiger partial charge in [-0.05, 0) is 30.8 Å². The third-order valence-corrected chi connectivity index (χ3v) is 3.63. The Labute approximate surface area is 112 Å². The second-order valence-corrected chi connectivity index (χ2v) is 4.96. The lowest BCUT2D eigenvalue weighted by Crippen LogP contribution is -2.50. The van der Waals surface area contributed by atoms with E-state index in [-0.39, 0.29) is 0 Å². The number of hydrogen-bond donors (Lipinski definition) is 3. The van der Waals surface area contributed by atoms with E-state index in [1.807, 2.05) is 30.5 Å². The van der Waals surface area contributed by atoms with Gasteiger partial charge in [-0.1, -0.05) is 42.0 Å². The number of anilines is 1. The maximum Gasteiger partial charge on any atom is 0.139 e. The SMILES string of the molecule is Cc1ccc(C2(N)NC=Cc3c(N)cccc32)cc1. The van der Waals surface area contributed by atoms with Crippen molar-refractivity contribution < 1.29 is 0 Å². The minimum absolute atomic E-state index is 0.729. The molecule has 3 rings (SSSR count). The van der Waals surface area contributed by atoms with Crippen LogP contribution >= 0.6 is 0 Å². The van der Waals surface area contributed by atoms with Crippen LogP contribution in [0.25, 0.3) is 6.08 Å². The summed E-state index contributed by atoms with van der Waals surface area (Å²) in [6.45, 7) is 2.06. The summed E-state index contributed by atoms with van der Waals surface area (Å²) >= 11 is 0. The third kappa shape index (κ3) is 1.79. The molecule has 0 saturated carbocycles. The molecule has 19 heavy (non-hydrogen) atoms. The molecule has 0 bridgehead atoms.